The van der Waals surface area contributed by atoms with Crippen LogP contribution in [0.1, 0.15) is 59.3 Å². The summed E-state index contributed by atoms with van der Waals surface area (Å²) < 4.78 is 5.66. The fourth-order valence-electron chi connectivity index (χ4n) is 2.87. The molecule has 19 heavy (non-hydrogen) atoms. The molecular formula is C16H34N2O. The molecule has 0 aliphatic carbocycles. The molecule has 0 unspecified atom stereocenters. The van der Waals surface area contributed by atoms with Crippen molar-refractivity contribution in [2.24, 2.45) is 0 Å². The van der Waals surface area contributed by atoms with Crippen LogP contribution < -0.4 is 5.32 Å². The van der Waals surface area contributed by atoms with Gasteiger partial charge in [0.15, 0.2) is 0 Å². The number of nitrogens with one attached hydrogen (secondary N) is 1. The van der Waals surface area contributed by atoms with Gasteiger partial charge in [0.25, 0.3) is 0 Å². The van der Waals surface area contributed by atoms with Crippen molar-refractivity contribution in [2.45, 2.75) is 64.8 Å². The van der Waals surface area contributed by atoms with Crippen molar-refractivity contribution < 1.29 is 4.74 Å². The molecule has 0 aromatic carbocycles. The summed E-state index contributed by atoms with van der Waals surface area (Å²) in [5, 5.41) is 3.77. The Hall–Kier alpha value is -0.120. The van der Waals surface area contributed by atoms with E-state index in [0.717, 1.165) is 13.2 Å². The highest BCUT2D eigenvalue weighted by molar-refractivity contribution is 4.90. The molecule has 1 N–H and O–H groups in total. The Balaban J connectivity index is 2.24. The molecule has 0 spiro atoms. The quantitative estimate of drug-likeness (QED) is 0.652. The zero-order valence-corrected chi connectivity index (χ0v) is 13.3. The smallest absolute Gasteiger partial charge is 0.0478 e. The fourth-order valence-corrected chi connectivity index (χ4v) is 2.87. The number of ether oxygens (including phenoxy) is 1. The van der Waals surface area contributed by atoms with Gasteiger partial charge in [-0.05, 0) is 45.2 Å². The van der Waals surface area contributed by atoms with Crippen LogP contribution in [0.5, 0.6) is 0 Å². The summed E-state index contributed by atoms with van der Waals surface area (Å²) >= 11 is 0. The molecule has 1 fully saturated rings. The largest absolute Gasteiger partial charge is 0.381 e. The number of rotatable bonds is 9. The standard InChI is InChI=1S/C16H34N2O/c1-4-7-13-19-14-9-12-18-11-8-10-17-16(5-2,6-3)15-18/h17H,4-15H2,1-3H3. The van der Waals surface area contributed by atoms with Crippen LogP contribution >= 0.6 is 0 Å². The Labute approximate surface area is 120 Å². The van der Waals surface area contributed by atoms with Crippen LogP contribution in [0.25, 0.3) is 0 Å². The van der Waals surface area contributed by atoms with Gasteiger partial charge in [0.2, 0.25) is 0 Å². The third-order valence-electron chi connectivity index (χ3n) is 4.44. The van der Waals surface area contributed by atoms with E-state index in [2.05, 4.69) is 31.0 Å². The SMILES string of the molecule is CCCCOCCCN1CCCNC(CC)(CC)C1. The Morgan fingerprint density at radius 1 is 1.11 bits per heavy atom. The van der Waals surface area contributed by atoms with Crippen molar-refractivity contribution in [3.63, 3.8) is 0 Å². The second-order valence-corrected chi connectivity index (χ2v) is 5.86. The van der Waals surface area contributed by atoms with Gasteiger partial charge in [-0.15, -0.1) is 0 Å². The van der Waals surface area contributed by atoms with Crippen LogP contribution in [-0.2, 0) is 4.74 Å². The Kier molecular flexibility index (Phi) is 8.67. The van der Waals surface area contributed by atoms with Crippen LogP contribution in [0.4, 0.5) is 0 Å². The first-order valence-electron chi connectivity index (χ1n) is 8.31. The summed E-state index contributed by atoms with van der Waals surface area (Å²) in [4.78, 5) is 2.64. The lowest BCUT2D eigenvalue weighted by molar-refractivity contribution is 0.113. The zero-order chi connectivity index (χ0) is 14.0. The zero-order valence-electron chi connectivity index (χ0n) is 13.3. The van der Waals surface area contributed by atoms with Crippen LogP contribution in [0.2, 0.25) is 0 Å². The summed E-state index contributed by atoms with van der Waals surface area (Å²) in [6.45, 7) is 13.5. The Morgan fingerprint density at radius 3 is 2.53 bits per heavy atom. The topological polar surface area (TPSA) is 24.5 Å². The first-order valence-corrected chi connectivity index (χ1v) is 8.31. The normalized spacial score (nSPS) is 20.4. The molecule has 1 aliphatic heterocycles. The Bertz CT molecular complexity index is 217. The summed E-state index contributed by atoms with van der Waals surface area (Å²) in [7, 11) is 0. The molecule has 0 aromatic heterocycles. The molecule has 0 aromatic rings. The number of nitrogens with zero attached hydrogens (tertiary/aromatic N) is 1. The highest BCUT2D eigenvalue weighted by Gasteiger charge is 2.29. The lowest BCUT2D eigenvalue weighted by atomic mass is 9.92. The highest BCUT2D eigenvalue weighted by atomic mass is 16.5. The second kappa shape index (κ2) is 9.73. The third kappa shape index (κ3) is 6.24. The summed E-state index contributed by atoms with van der Waals surface area (Å²) in [5.74, 6) is 0. The van der Waals surface area contributed by atoms with Crippen LogP contribution in [0.15, 0.2) is 0 Å². The van der Waals surface area contributed by atoms with E-state index in [0.29, 0.717) is 5.54 Å². The van der Waals surface area contributed by atoms with E-state index >= 15 is 0 Å². The molecule has 0 atom stereocenters. The molecule has 114 valence electrons. The molecule has 0 radical (unpaired) electrons. The van der Waals surface area contributed by atoms with Gasteiger partial charge in [0.1, 0.15) is 0 Å². The molecule has 3 nitrogen and oxygen atoms in total. The molecule has 1 aliphatic rings. The predicted octanol–water partition coefficient (Wildman–Crippen LogP) is 3.05. The van der Waals surface area contributed by atoms with Crippen LogP contribution in [-0.4, -0.2) is 49.8 Å². The second-order valence-electron chi connectivity index (χ2n) is 5.86. The van der Waals surface area contributed by atoms with Gasteiger partial charge in [-0.3, -0.25) is 0 Å². The molecule has 3 heteroatoms. The maximum absolute atomic E-state index is 5.66. The van der Waals surface area contributed by atoms with E-state index < -0.39 is 0 Å². The van der Waals surface area contributed by atoms with E-state index in [-0.39, 0.29) is 0 Å². The lowest BCUT2D eigenvalue weighted by Gasteiger charge is -2.35. The van der Waals surface area contributed by atoms with Crippen LogP contribution in [0.3, 0.4) is 0 Å². The van der Waals surface area contributed by atoms with Gasteiger partial charge in [-0.25, -0.2) is 0 Å². The van der Waals surface area contributed by atoms with Crippen molar-refractivity contribution in [2.75, 3.05) is 39.4 Å². The molecule has 1 saturated heterocycles. The van der Waals surface area contributed by atoms with Gasteiger partial charge in [-0.2, -0.15) is 0 Å². The van der Waals surface area contributed by atoms with Crippen molar-refractivity contribution in [3.05, 3.63) is 0 Å². The van der Waals surface area contributed by atoms with Gasteiger partial charge in [-0.1, -0.05) is 27.2 Å². The van der Waals surface area contributed by atoms with Crippen LogP contribution in [0, 0.1) is 0 Å². The number of hydrogen-bond acceptors (Lipinski definition) is 3. The maximum atomic E-state index is 5.66. The Morgan fingerprint density at radius 2 is 1.84 bits per heavy atom. The van der Waals surface area contributed by atoms with Crippen molar-refractivity contribution in [1.82, 2.24) is 10.2 Å². The molecule has 0 amide bonds. The molecule has 0 saturated carbocycles. The molecule has 1 rings (SSSR count). The minimum atomic E-state index is 0.347. The third-order valence-corrected chi connectivity index (χ3v) is 4.44. The van der Waals surface area contributed by atoms with E-state index in [4.69, 9.17) is 4.74 Å². The molecule has 0 bridgehead atoms. The van der Waals surface area contributed by atoms with E-state index in [9.17, 15) is 0 Å². The average Bonchev–Trinajstić information content (AvgIpc) is 2.65. The minimum Gasteiger partial charge on any atom is -0.381 e. The van der Waals surface area contributed by atoms with Crippen molar-refractivity contribution in [3.8, 4) is 0 Å². The first kappa shape index (κ1) is 16.9. The maximum Gasteiger partial charge on any atom is 0.0478 e. The van der Waals surface area contributed by atoms with Gasteiger partial charge < -0.3 is 15.0 Å². The number of hydrogen-bond donors (Lipinski definition) is 1. The van der Waals surface area contributed by atoms with Gasteiger partial charge >= 0.3 is 0 Å². The average molecular weight is 270 g/mol. The lowest BCUT2D eigenvalue weighted by Crippen LogP contribution is -2.50. The fraction of sp³-hybridized carbons (Fsp3) is 1.00. The number of unbranched alkanes of at least 4 members (excludes halogenated alkanes) is 1. The summed E-state index contributed by atoms with van der Waals surface area (Å²) in [6, 6.07) is 0. The highest BCUT2D eigenvalue weighted by Crippen LogP contribution is 2.19. The molecular weight excluding hydrogens is 236 g/mol. The van der Waals surface area contributed by atoms with Crippen molar-refractivity contribution in [1.29, 1.82) is 0 Å². The molecule has 1 heterocycles. The van der Waals surface area contributed by atoms with E-state index in [1.54, 1.807) is 0 Å². The monoisotopic (exact) mass is 270 g/mol. The van der Waals surface area contributed by atoms with E-state index in [1.807, 2.05) is 0 Å². The van der Waals surface area contributed by atoms with E-state index in [1.165, 1.54) is 64.7 Å². The van der Waals surface area contributed by atoms with Gasteiger partial charge in [0.05, 0.1) is 0 Å². The summed E-state index contributed by atoms with van der Waals surface area (Å²) in [5.41, 5.74) is 0.347. The summed E-state index contributed by atoms with van der Waals surface area (Å²) in [6.07, 6.45) is 7.33. The predicted molar refractivity (Wildman–Crippen MR) is 82.7 cm³/mol. The minimum absolute atomic E-state index is 0.347. The first-order chi connectivity index (χ1) is 9.26. The van der Waals surface area contributed by atoms with Crippen molar-refractivity contribution >= 4 is 0 Å². The van der Waals surface area contributed by atoms with Gasteiger partial charge in [0, 0.05) is 31.8 Å².